The summed E-state index contributed by atoms with van der Waals surface area (Å²) >= 11 is 0. The highest BCUT2D eigenvalue weighted by Gasteiger charge is 2.20. The van der Waals surface area contributed by atoms with E-state index in [2.05, 4.69) is 77.9 Å². The second-order valence-corrected chi connectivity index (χ2v) is 9.08. The largest absolute Gasteiger partial charge is 0.192 e. The Morgan fingerprint density at radius 3 is 1.88 bits per heavy atom. The molecule has 0 atom stereocenters. The van der Waals surface area contributed by atoms with Gasteiger partial charge in [-0.05, 0) is 46.4 Å². The standard InChI is InChI=1S/C23H29N/c1-22(2,3)14-17-10-7-8-13-20(17)21-18(15-23(4,5)6)11-9-12-19(21)16-24/h7-13H,14-15H2,1-6H3. The topological polar surface area (TPSA) is 23.8 Å². The molecule has 2 aromatic carbocycles. The molecule has 126 valence electrons. The van der Waals surface area contributed by atoms with Crippen LogP contribution in [0.4, 0.5) is 0 Å². The predicted octanol–water partition coefficient (Wildman–Crippen LogP) is 6.40. The molecule has 2 aromatic rings. The van der Waals surface area contributed by atoms with Crippen molar-refractivity contribution in [1.29, 1.82) is 5.26 Å². The lowest BCUT2D eigenvalue weighted by Crippen LogP contribution is -2.12. The first-order valence-corrected chi connectivity index (χ1v) is 8.71. The fraction of sp³-hybridized carbons (Fsp3) is 0.435. The van der Waals surface area contributed by atoms with E-state index in [9.17, 15) is 5.26 Å². The van der Waals surface area contributed by atoms with Crippen LogP contribution in [-0.2, 0) is 12.8 Å². The Bertz CT molecular complexity index is 749. The van der Waals surface area contributed by atoms with Crippen LogP contribution in [0.25, 0.3) is 11.1 Å². The van der Waals surface area contributed by atoms with Crippen LogP contribution in [0.3, 0.4) is 0 Å². The molecule has 0 aliphatic heterocycles. The molecule has 0 N–H and O–H groups in total. The van der Waals surface area contributed by atoms with Gasteiger partial charge in [-0.15, -0.1) is 0 Å². The van der Waals surface area contributed by atoms with Crippen LogP contribution < -0.4 is 0 Å². The Morgan fingerprint density at radius 2 is 1.29 bits per heavy atom. The Morgan fingerprint density at radius 1 is 0.750 bits per heavy atom. The van der Waals surface area contributed by atoms with Crippen molar-refractivity contribution in [2.75, 3.05) is 0 Å². The Labute approximate surface area is 147 Å². The minimum atomic E-state index is 0.182. The number of rotatable bonds is 3. The van der Waals surface area contributed by atoms with E-state index in [0.29, 0.717) is 0 Å². The number of benzene rings is 2. The van der Waals surface area contributed by atoms with E-state index in [-0.39, 0.29) is 10.8 Å². The molecular formula is C23H29N. The van der Waals surface area contributed by atoms with Gasteiger partial charge < -0.3 is 0 Å². The molecule has 0 amide bonds. The minimum absolute atomic E-state index is 0.182. The van der Waals surface area contributed by atoms with Gasteiger partial charge in [-0.2, -0.15) is 5.26 Å². The van der Waals surface area contributed by atoms with Crippen molar-refractivity contribution < 1.29 is 0 Å². The summed E-state index contributed by atoms with van der Waals surface area (Å²) in [6.45, 7) is 13.5. The zero-order valence-corrected chi connectivity index (χ0v) is 15.9. The van der Waals surface area contributed by atoms with Crippen molar-refractivity contribution >= 4 is 0 Å². The molecule has 1 heteroatoms. The normalized spacial score (nSPS) is 12.0. The van der Waals surface area contributed by atoms with Gasteiger partial charge >= 0.3 is 0 Å². The third-order valence-corrected chi connectivity index (χ3v) is 4.00. The highest BCUT2D eigenvalue weighted by molar-refractivity contribution is 5.76. The van der Waals surface area contributed by atoms with E-state index < -0.39 is 0 Å². The summed E-state index contributed by atoms with van der Waals surface area (Å²) in [4.78, 5) is 0. The summed E-state index contributed by atoms with van der Waals surface area (Å²) < 4.78 is 0. The molecular weight excluding hydrogens is 290 g/mol. The molecule has 0 saturated carbocycles. The lowest BCUT2D eigenvalue weighted by molar-refractivity contribution is 0.409. The van der Waals surface area contributed by atoms with Gasteiger partial charge in [-0.3, -0.25) is 0 Å². The minimum Gasteiger partial charge on any atom is -0.192 e. The van der Waals surface area contributed by atoms with E-state index >= 15 is 0 Å². The Hall–Kier alpha value is -2.07. The summed E-state index contributed by atoms with van der Waals surface area (Å²) in [6.07, 6.45) is 1.96. The predicted molar refractivity (Wildman–Crippen MR) is 103 cm³/mol. The monoisotopic (exact) mass is 319 g/mol. The van der Waals surface area contributed by atoms with Crippen molar-refractivity contribution in [3.63, 3.8) is 0 Å². The van der Waals surface area contributed by atoms with Crippen molar-refractivity contribution in [2.24, 2.45) is 10.8 Å². The maximum absolute atomic E-state index is 9.68. The van der Waals surface area contributed by atoms with Crippen molar-refractivity contribution in [1.82, 2.24) is 0 Å². The fourth-order valence-electron chi connectivity index (χ4n) is 3.22. The van der Waals surface area contributed by atoms with Gasteiger partial charge in [0.05, 0.1) is 11.6 Å². The third-order valence-electron chi connectivity index (χ3n) is 4.00. The van der Waals surface area contributed by atoms with Crippen molar-refractivity contribution in [3.05, 3.63) is 59.2 Å². The first-order chi connectivity index (χ1) is 11.1. The molecule has 0 radical (unpaired) electrons. The smallest absolute Gasteiger partial charge is 0.0998 e. The van der Waals surface area contributed by atoms with E-state index in [1.54, 1.807) is 0 Å². The number of hydrogen-bond acceptors (Lipinski definition) is 1. The molecule has 0 aliphatic carbocycles. The third kappa shape index (κ3) is 4.71. The summed E-state index contributed by atoms with van der Waals surface area (Å²) in [7, 11) is 0. The summed E-state index contributed by atoms with van der Waals surface area (Å²) in [5.41, 5.74) is 6.09. The summed E-state index contributed by atoms with van der Waals surface area (Å²) in [5, 5.41) is 9.68. The average Bonchev–Trinajstić information content (AvgIpc) is 2.44. The Balaban J connectivity index is 2.66. The second-order valence-electron chi connectivity index (χ2n) is 9.08. The first-order valence-electron chi connectivity index (χ1n) is 8.71. The van der Waals surface area contributed by atoms with Gasteiger partial charge in [0.1, 0.15) is 0 Å². The van der Waals surface area contributed by atoms with Gasteiger partial charge in [-0.1, -0.05) is 77.9 Å². The van der Waals surface area contributed by atoms with E-state index in [4.69, 9.17) is 0 Å². The van der Waals surface area contributed by atoms with Gasteiger partial charge in [0.25, 0.3) is 0 Å². The van der Waals surface area contributed by atoms with Crippen LogP contribution in [0.5, 0.6) is 0 Å². The average molecular weight is 319 g/mol. The van der Waals surface area contributed by atoms with Crippen LogP contribution in [0, 0.1) is 22.2 Å². The van der Waals surface area contributed by atoms with Crippen LogP contribution in [0.15, 0.2) is 42.5 Å². The zero-order valence-electron chi connectivity index (χ0n) is 15.9. The lowest BCUT2D eigenvalue weighted by Gasteiger charge is -2.24. The first kappa shape index (κ1) is 18.3. The van der Waals surface area contributed by atoms with Crippen molar-refractivity contribution in [3.8, 4) is 17.2 Å². The molecule has 0 aliphatic rings. The van der Waals surface area contributed by atoms with Crippen LogP contribution in [-0.4, -0.2) is 0 Å². The molecule has 0 aromatic heterocycles. The number of nitrogens with zero attached hydrogens (tertiary/aromatic N) is 1. The van der Waals surface area contributed by atoms with Gasteiger partial charge in [0.2, 0.25) is 0 Å². The second kappa shape index (κ2) is 6.81. The molecule has 24 heavy (non-hydrogen) atoms. The Kier molecular flexibility index (Phi) is 5.19. The van der Waals surface area contributed by atoms with E-state index in [1.807, 2.05) is 12.1 Å². The lowest BCUT2D eigenvalue weighted by atomic mass is 9.80. The highest BCUT2D eigenvalue weighted by Crippen LogP contribution is 2.36. The molecule has 0 heterocycles. The molecule has 0 bridgehead atoms. The molecule has 0 saturated heterocycles. The molecule has 1 nitrogen and oxygen atoms in total. The van der Waals surface area contributed by atoms with Gasteiger partial charge in [0.15, 0.2) is 0 Å². The number of nitriles is 1. The highest BCUT2D eigenvalue weighted by atomic mass is 14.3. The van der Waals surface area contributed by atoms with Crippen LogP contribution >= 0.6 is 0 Å². The fourth-order valence-corrected chi connectivity index (χ4v) is 3.22. The van der Waals surface area contributed by atoms with Crippen LogP contribution in [0.2, 0.25) is 0 Å². The van der Waals surface area contributed by atoms with E-state index in [0.717, 1.165) is 24.0 Å². The van der Waals surface area contributed by atoms with E-state index in [1.165, 1.54) is 16.7 Å². The maximum Gasteiger partial charge on any atom is 0.0998 e. The summed E-state index contributed by atoms with van der Waals surface area (Å²) in [5.74, 6) is 0. The molecule has 0 unspecified atom stereocenters. The molecule has 0 spiro atoms. The zero-order chi connectivity index (χ0) is 18.0. The van der Waals surface area contributed by atoms with Gasteiger partial charge in [0, 0.05) is 5.56 Å². The molecule has 2 rings (SSSR count). The maximum atomic E-state index is 9.68. The van der Waals surface area contributed by atoms with Crippen LogP contribution in [0.1, 0.15) is 58.2 Å². The number of hydrogen-bond donors (Lipinski definition) is 0. The SMILES string of the molecule is CC(C)(C)Cc1ccccc1-c1c(C#N)cccc1CC(C)(C)C. The van der Waals surface area contributed by atoms with Gasteiger partial charge in [-0.25, -0.2) is 0 Å². The quantitative estimate of drug-likeness (QED) is 0.642. The summed E-state index contributed by atoms with van der Waals surface area (Å²) in [6, 6.07) is 17.1. The molecule has 0 fully saturated rings. The van der Waals surface area contributed by atoms with Crippen molar-refractivity contribution in [2.45, 2.75) is 54.4 Å².